The van der Waals surface area contributed by atoms with Crippen LogP contribution in [0.4, 0.5) is 13.2 Å². The first kappa shape index (κ1) is 26.4. The van der Waals surface area contributed by atoms with Gasteiger partial charge in [-0.15, -0.1) is 0 Å². The van der Waals surface area contributed by atoms with Gasteiger partial charge in [0.25, 0.3) is 0 Å². The van der Waals surface area contributed by atoms with Crippen LogP contribution in [0.25, 0.3) is 10.8 Å². The Morgan fingerprint density at radius 1 is 1.00 bits per heavy atom. The van der Waals surface area contributed by atoms with Crippen LogP contribution in [-0.2, 0) is 25.7 Å². The van der Waals surface area contributed by atoms with Crippen LogP contribution in [0.5, 0.6) is 0 Å². The van der Waals surface area contributed by atoms with Crippen molar-refractivity contribution in [3.63, 3.8) is 0 Å². The number of fused-ring (bicyclic) bond motifs is 1. The Morgan fingerprint density at radius 2 is 1.59 bits per heavy atom. The third kappa shape index (κ3) is 9.43. The summed E-state index contributed by atoms with van der Waals surface area (Å²) >= 11 is 0. The summed E-state index contributed by atoms with van der Waals surface area (Å²) in [6.07, 6.45) is -5.08. The van der Waals surface area contributed by atoms with E-state index in [0.29, 0.717) is 6.54 Å². The van der Waals surface area contributed by atoms with E-state index in [1.165, 1.54) is 6.92 Å². The summed E-state index contributed by atoms with van der Waals surface area (Å²) in [6.45, 7) is 1.59. The average Bonchev–Trinajstić information content (AvgIpc) is 2.70. The maximum absolute atomic E-state index is 11.9. The van der Waals surface area contributed by atoms with Crippen molar-refractivity contribution >= 4 is 34.5 Å². The minimum absolute atomic E-state index is 0.0208. The molecule has 9 nitrogen and oxygen atoms in total. The Morgan fingerprint density at radius 3 is 2.16 bits per heavy atom. The molecule has 174 valence electrons. The van der Waals surface area contributed by atoms with Crippen molar-refractivity contribution in [3.05, 3.63) is 48.0 Å². The lowest BCUT2D eigenvalue weighted by molar-refractivity contribution is -0.192. The molecule has 0 saturated carbocycles. The van der Waals surface area contributed by atoms with Gasteiger partial charge in [-0.1, -0.05) is 42.5 Å². The van der Waals surface area contributed by atoms with E-state index in [1.807, 2.05) is 42.5 Å². The minimum atomic E-state index is -5.08. The Balaban J connectivity index is 0.000000633. The fourth-order valence-electron chi connectivity index (χ4n) is 2.45. The van der Waals surface area contributed by atoms with Crippen molar-refractivity contribution < 1.29 is 42.6 Å². The lowest BCUT2D eigenvalue weighted by Gasteiger charge is -2.15. The topological polar surface area (TPSA) is 145 Å². The number of hydrogen-bond donors (Lipinski definition) is 5. The second-order valence-corrected chi connectivity index (χ2v) is 6.44. The van der Waals surface area contributed by atoms with Crippen molar-refractivity contribution in [2.45, 2.75) is 25.7 Å². The van der Waals surface area contributed by atoms with E-state index in [4.69, 9.17) is 15.0 Å². The number of halogens is 3. The highest BCUT2D eigenvalue weighted by Crippen LogP contribution is 2.18. The Labute approximate surface area is 180 Å². The molecular formula is C20H22F3N3O6. The van der Waals surface area contributed by atoms with E-state index in [-0.39, 0.29) is 19.0 Å². The van der Waals surface area contributed by atoms with Crippen LogP contribution in [0.15, 0.2) is 42.5 Å². The van der Waals surface area contributed by atoms with Crippen LogP contribution in [0, 0.1) is 0 Å². The SMILES string of the molecule is CC(=O)NC[C@H](NC(=O)CNCc1cccc2ccccc12)C(=O)O.O=C(O)C(F)(F)F. The van der Waals surface area contributed by atoms with Gasteiger partial charge >= 0.3 is 18.1 Å². The van der Waals surface area contributed by atoms with Gasteiger partial charge in [0.05, 0.1) is 6.54 Å². The predicted octanol–water partition coefficient (Wildman–Crippen LogP) is 1.27. The zero-order chi connectivity index (χ0) is 24.3. The van der Waals surface area contributed by atoms with Crippen molar-refractivity contribution in [1.82, 2.24) is 16.0 Å². The summed E-state index contributed by atoms with van der Waals surface area (Å²) in [4.78, 5) is 42.8. The summed E-state index contributed by atoms with van der Waals surface area (Å²) in [5.41, 5.74) is 1.05. The molecule has 0 aliphatic carbocycles. The van der Waals surface area contributed by atoms with E-state index < -0.39 is 30.1 Å². The number of carbonyl (C=O) groups is 4. The number of alkyl halides is 3. The van der Waals surface area contributed by atoms with Gasteiger partial charge in [0, 0.05) is 20.0 Å². The number of aliphatic carboxylic acids is 2. The van der Waals surface area contributed by atoms with Crippen LogP contribution >= 0.6 is 0 Å². The number of benzene rings is 2. The van der Waals surface area contributed by atoms with E-state index in [2.05, 4.69) is 16.0 Å². The van der Waals surface area contributed by atoms with Crippen molar-refractivity contribution in [1.29, 1.82) is 0 Å². The van der Waals surface area contributed by atoms with Crippen LogP contribution in [0.1, 0.15) is 12.5 Å². The highest BCUT2D eigenvalue weighted by atomic mass is 19.4. The molecule has 0 aromatic heterocycles. The first-order valence-corrected chi connectivity index (χ1v) is 9.16. The highest BCUT2D eigenvalue weighted by Gasteiger charge is 2.38. The maximum atomic E-state index is 11.9. The van der Waals surface area contributed by atoms with Gasteiger partial charge in [-0.05, 0) is 16.3 Å². The number of carbonyl (C=O) groups excluding carboxylic acids is 2. The molecule has 12 heteroatoms. The average molecular weight is 457 g/mol. The molecule has 2 amide bonds. The number of carboxylic acid groups (broad SMARTS) is 2. The molecule has 0 bridgehead atoms. The number of hydrogen-bond acceptors (Lipinski definition) is 5. The first-order valence-electron chi connectivity index (χ1n) is 9.16. The molecule has 0 saturated heterocycles. The second-order valence-electron chi connectivity index (χ2n) is 6.44. The fraction of sp³-hybridized carbons (Fsp3) is 0.300. The van der Waals surface area contributed by atoms with Crippen molar-refractivity contribution in [2.24, 2.45) is 0 Å². The van der Waals surface area contributed by atoms with Crippen molar-refractivity contribution in [2.75, 3.05) is 13.1 Å². The van der Waals surface area contributed by atoms with Crippen molar-refractivity contribution in [3.8, 4) is 0 Å². The molecule has 5 N–H and O–H groups in total. The zero-order valence-electron chi connectivity index (χ0n) is 16.9. The maximum Gasteiger partial charge on any atom is 0.490 e. The van der Waals surface area contributed by atoms with E-state index >= 15 is 0 Å². The van der Waals surface area contributed by atoms with Gasteiger partial charge in [-0.25, -0.2) is 9.59 Å². The van der Waals surface area contributed by atoms with Gasteiger partial charge < -0.3 is 26.2 Å². The lowest BCUT2D eigenvalue weighted by Crippen LogP contribution is -2.50. The largest absolute Gasteiger partial charge is 0.490 e. The second kappa shape index (κ2) is 12.2. The molecule has 0 aliphatic rings. The molecule has 32 heavy (non-hydrogen) atoms. The number of rotatable bonds is 8. The van der Waals surface area contributed by atoms with Gasteiger partial charge in [0.1, 0.15) is 6.04 Å². The highest BCUT2D eigenvalue weighted by molar-refractivity contribution is 5.86. The van der Waals surface area contributed by atoms with Crippen LogP contribution in [-0.4, -0.2) is 59.3 Å². The molecule has 0 spiro atoms. The van der Waals surface area contributed by atoms with Crippen LogP contribution < -0.4 is 16.0 Å². The predicted molar refractivity (Wildman–Crippen MR) is 108 cm³/mol. The molecule has 0 unspecified atom stereocenters. The summed E-state index contributed by atoms with van der Waals surface area (Å²) in [7, 11) is 0. The Kier molecular flexibility index (Phi) is 10.1. The smallest absolute Gasteiger partial charge is 0.480 e. The fourth-order valence-corrected chi connectivity index (χ4v) is 2.45. The first-order chi connectivity index (χ1) is 14.9. The van der Waals surface area contributed by atoms with Crippen LogP contribution in [0.3, 0.4) is 0 Å². The Bertz CT molecular complexity index is 960. The van der Waals surface area contributed by atoms with Crippen LogP contribution in [0.2, 0.25) is 0 Å². The minimum Gasteiger partial charge on any atom is -0.480 e. The zero-order valence-corrected chi connectivity index (χ0v) is 16.9. The molecule has 0 heterocycles. The van der Waals surface area contributed by atoms with E-state index in [9.17, 15) is 27.6 Å². The number of carboxylic acids is 2. The standard InChI is InChI=1S/C18H21N3O4.C2HF3O2/c1-12(22)20-10-16(18(24)25)21-17(23)11-19-9-14-7-4-6-13-5-2-3-8-15(13)14;3-2(4,5)1(6)7/h2-8,16,19H,9-11H2,1H3,(H,20,22)(H,21,23)(H,24,25);(H,6,7)/t16-;/m0./s1. The summed E-state index contributed by atoms with van der Waals surface area (Å²) < 4.78 is 31.7. The number of nitrogens with one attached hydrogen (secondary N) is 3. The monoisotopic (exact) mass is 457 g/mol. The third-order valence-corrected chi connectivity index (χ3v) is 3.91. The molecule has 0 fully saturated rings. The molecule has 2 aromatic rings. The molecule has 0 aliphatic heterocycles. The molecular weight excluding hydrogens is 435 g/mol. The quantitative estimate of drug-likeness (QED) is 0.401. The summed E-state index contributed by atoms with van der Waals surface area (Å²) in [5, 5.41) is 26.2. The number of amides is 2. The molecule has 1 atom stereocenters. The van der Waals surface area contributed by atoms with Gasteiger partial charge in [0.15, 0.2) is 0 Å². The molecule has 2 rings (SSSR count). The molecule has 2 aromatic carbocycles. The van der Waals surface area contributed by atoms with E-state index in [1.54, 1.807) is 0 Å². The lowest BCUT2D eigenvalue weighted by atomic mass is 10.0. The summed E-state index contributed by atoms with van der Waals surface area (Å²) in [5.74, 6) is -4.75. The van der Waals surface area contributed by atoms with E-state index in [0.717, 1.165) is 16.3 Å². The van der Waals surface area contributed by atoms with Gasteiger partial charge in [0.2, 0.25) is 11.8 Å². The Hall–Kier alpha value is -3.67. The van der Waals surface area contributed by atoms with Gasteiger partial charge in [-0.3, -0.25) is 9.59 Å². The normalized spacial score (nSPS) is 11.6. The van der Waals surface area contributed by atoms with Gasteiger partial charge in [-0.2, -0.15) is 13.2 Å². The third-order valence-electron chi connectivity index (χ3n) is 3.91. The molecule has 0 radical (unpaired) electrons. The summed E-state index contributed by atoms with van der Waals surface area (Å²) in [6, 6.07) is 12.7.